The average molecular weight is 294 g/mol. The first kappa shape index (κ1) is 15.1. The molecular formula is C14H20N3O4+. The molecule has 0 spiro atoms. The molecule has 1 aliphatic heterocycles. The van der Waals surface area contributed by atoms with E-state index in [0.717, 1.165) is 4.73 Å². The monoisotopic (exact) mass is 294 g/mol. The predicted octanol–water partition coefficient (Wildman–Crippen LogP) is -0.187. The van der Waals surface area contributed by atoms with Gasteiger partial charge in [-0.3, -0.25) is 14.5 Å². The standard InChI is InChI=1S/C14H20N3O4/c1-21-14(19)6-5-13(18)16-10-8-15(9-11-16)12-4-2-3-7-17(12)20/h2-4,7,20H,5-6,8-11H2,1H3/q+1. The van der Waals surface area contributed by atoms with Crippen LogP contribution in [-0.2, 0) is 14.3 Å². The largest absolute Gasteiger partial charge is 0.469 e. The summed E-state index contributed by atoms with van der Waals surface area (Å²) in [4.78, 5) is 26.8. The number of esters is 1. The Balaban J connectivity index is 1.84. The molecule has 1 saturated heterocycles. The molecule has 1 aromatic heterocycles. The van der Waals surface area contributed by atoms with Crippen molar-refractivity contribution in [3.8, 4) is 0 Å². The van der Waals surface area contributed by atoms with Crippen LogP contribution >= 0.6 is 0 Å². The number of pyridine rings is 1. The Morgan fingerprint density at radius 3 is 2.57 bits per heavy atom. The summed E-state index contributed by atoms with van der Waals surface area (Å²) < 4.78 is 5.61. The molecule has 7 heteroatoms. The van der Waals surface area contributed by atoms with E-state index in [4.69, 9.17) is 0 Å². The van der Waals surface area contributed by atoms with Crippen molar-refractivity contribution >= 4 is 17.7 Å². The molecule has 114 valence electrons. The molecule has 2 rings (SSSR count). The van der Waals surface area contributed by atoms with Crippen molar-refractivity contribution in [3.63, 3.8) is 0 Å². The molecule has 0 atom stereocenters. The smallest absolute Gasteiger partial charge is 0.316 e. The number of carbonyl (C=O) groups excluding carboxylic acids is 2. The molecule has 1 fully saturated rings. The van der Waals surface area contributed by atoms with Crippen LogP contribution in [0.1, 0.15) is 12.8 Å². The third-order valence-electron chi connectivity index (χ3n) is 3.55. The van der Waals surface area contributed by atoms with Gasteiger partial charge >= 0.3 is 11.8 Å². The number of aromatic nitrogens is 1. The van der Waals surface area contributed by atoms with Crippen LogP contribution in [0, 0.1) is 0 Å². The van der Waals surface area contributed by atoms with Gasteiger partial charge in [-0.1, -0.05) is 10.8 Å². The van der Waals surface area contributed by atoms with E-state index in [1.54, 1.807) is 17.2 Å². The molecule has 1 N–H and O–H groups in total. The van der Waals surface area contributed by atoms with Crippen LogP contribution in [0.25, 0.3) is 0 Å². The maximum atomic E-state index is 12.0. The van der Waals surface area contributed by atoms with Gasteiger partial charge in [0, 0.05) is 12.5 Å². The van der Waals surface area contributed by atoms with E-state index in [1.165, 1.54) is 7.11 Å². The van der Waals surface area contributed by atoms with E-state index in [-0.39, 0.29) is 24.7 Å². The number of carbonyl (C=O) groups is 2. The number of rotatable bonds is 4. The first-order valence-electron chi connectivity index (χ1n) is 6.91. The fraction of sp³-hybridized carbons (Fsp3) is 0.500. The summed E-state index contributed by atoms with van der Waals surface area (Å²) in [6.45, 7) is 2.45. The Bertz CT molecular complexity index is 513. The first-order valence-corrected chi connectivity index (χ1v) is 6.91. The second kappa shape index (κ2) is 6.92. The number of hydrogen-bond donors (Lipinski definition) is 1. The van der Waals surface area contributed by atoms with Crippen LogP contribution in [0.15, 0.2) is 24.4 Å². The van der Waals surface area contributed by atoms with Crippen molar-refractivity contribution in [2.45, 2.75) is 12.8 Å². The van der Waals surface area contributed by atoms with E-state index in [1.807, 2.05) is 17.0 Å². The van der Waals surface area contributed by atoms with Crippen molar-refractivity contribution in [2.24, 2.45) is 0 Å². The summed E-state index contributed by atoms with van der Waals surface area (Å²) in [5.41, 5.74) is 0. The van der Waals surface area contributed by atoms with E-state index < -0.39 is 0 Å². The summed E-state index contributed by atoms with van der Waals surface area (Å²) in [5, 5.41) is 9.75. The Kier molecular flexibility index (Phi) is 4.97. The number of amides is 1. The Morgan fingerprint density at radius 2 is 1.95 bits per heavy atom. The Hall–Kier alpha value is -2.31. The zero-order chi connectivity index (χ0) is 15.2. The lowest BCUT2D eigenvalue weighted by Crippen LogP contribution is -2.52. The highest BCUT2D eigenvalue weighted by molar-refractivity contribution is 5.81. The van der Waals surface area contributed by atoms with Crippen molar-refractivity contribution < 1.29 is 24.3 Å². The molecule has 0 bridgehead atoms. The number of anilines is 1. The lowest BCUT2D eigenvalue weighted by Gasteiger charge is -2.31. The van der Waals surface area contributed by atoms with Gasteiger partial charge in [-0.25, -0.2) is 0 Å². The molecule has 0 aliphatic carbocycles. The second-order valence-electron chi connectivity index (χ2n) is 4.85. The van der Waals surface area contributed by atoms with Crippen LogP contribution in [0.5, 0.6) is 0 Å². The number of piperazine rings is 1. The number of methoxy groups -OCH3 is 1. The van der Waals surface area contributed by atoms with Gasteiger partial charge in [0.05, 0.1) is 26.6 Å². The second-order valence-corrected chi connectivity index (χ2v) is 4.85. The third kappa shape index (κ3) is 3.84. The quantitative estimate of drug-likeness (QED) is 0.473. The molecule has 0 aromatic carbocycles. The van der Waals surface area contributed by atoms with Crippen LogP contribution in [0.3, 0.4) is 0 Å². The molecule has 2 heterocycles. The SMILES string of the molecule is COC(=O)CCC(=O)N1CCN(c2cccc[n+]2O)CC1. The third-order valence-corrected chi connectivity index (χ3v) is 3.55. The molecular weight excluding hydrogens is 274 g/mol. The lowest BCUT2D eigenvalue weighted by atomic mass is 10.2. The van der Waals surface area contributed by atoms with Gasteiger partial charge in [0.2, 0.25) is 5.91 Å². The van der Waals surface area contributed by atoms with Crippen LogP contribution in [0.4, 0.5) is 5.82 Å². The van der Waals surface area contributed by atoms with Gasteiger partial charge in [0.1, 0.15) is 19.3 Å². The molecule has 21 heavy (non-hydrogen) atoms. The van der Waals surface area contributed by atoms with Crippen LogP contribution in [0.2, 0.25) is 0 Å². The summed E-state index contributed by atoms with van der Waals surface area (Å²) in [7, 11) is 1.32. The zero-order valence-electron chi connectivity index (χ0n) is 12.1. The highest BCUT2D eigenvalue weighted by Crippen LogP contribution is 2.12. The van der Waals surface area contributed by atoms with E-state index in [9.17, 15) is 14.8 Å². The number of ether oxygens (including phenoxy) is 1. The summed E-state index contributed by atoms with van der Waals surface area (Å²) in [6.07, 6.45) is 1.87. The zero-order valence-corrected chi connectivity index (χ0v) is 12.1. The van der Waals surface area contributed by atoms with Gasteiger partial charge in [0.25, 0.3) is 0 Å². The van der Waals surface area contributed by atoms with Gasteiger partial charge in [-0.2, -0.15) is 0 Å². The maximum absolute atomic E-state index is 12.0. The first-order chi connectivity index (χ1) is 10.1. The molecule has 1 aromatic rings. The van der Waals surface area contributed by atoms with Crippen LogP contribution < -0.4 is 9.63 Å². The lowest BCUT2D eigenvalue weighted by molar-refractivity contribution is -0.894. The summed E-state index contributed by atoms with van der Waals surface area (Å²) in [5.74, 6) is 0.303. The normalized spacial score (nSPS) is 14.9. The minimum absolute atomic E-state index is 0.0370. The number of hydrogen-bond acceptors (Lipinski definition) is 5. The van der Waals surface area contributed by atoms with Crippen molar-refractivity contribution in [1.82, 2.24) is 4.90 Å². The molecule has 0 radical (unpaired) electrons. The van der Waals surface area contributed by atoms with Crippen molar-refractivity contribution in [3.05, 3.63) is 24.4 Å². The fourth-order valence-electron chi connectivity index (χ4n) is 2.33. The molecule has 0 saturated carbocycles. The van der Waals surface area contributed by atoms with Crippen LogP contribution in [-0.4, -0.2) is 55.3 Å². The fourth-order valence-corrected chi connectivity index (χ4v) is 2.33. The molecule has 0 unspecified atom stereocenters. The van der Waals surface area contributed by atoms with Gasteiger partial charge in [0.15, 0.2) is 0 Å². The Labute approximate surface area is 123 Å². The number of nitrogens with zero attached hydrogens (tertiary/aromatic N) is 3. The topological polar surface area (TPSA) is 74.0 Å². The minimum atomic E-state index is -0.368. The molecule has 7 nitrogen and oxygen atoms in total. The maximum Gasteiger partial charge on any atom is 0.316 e. The minimum Gasteiger partial charge on any atom is -0.469 e. The summed E-state index contributed by atoms with van der Waals surface area (Å²) in [6, 6.07) is 5.43. The molecule has 1 amide bonds. The van der Waals surface area contributed by atoms with Crippen molar-refractivity contribution in [2.75, 3.05) is 38.2 Å². The summed E-state index contributed by atoms with van der Waals surface area (Å²) >= 11 is 0. The van der Waals surface area contributed by atoms with E-state index in [2.05, 4.69) is 4.74 Å². The Morgan fingerprint density at radius 1 is 1.24 bits per heavy atom. The average Bonchev–Trinajstić information content (AvgIpc) is 2.53. The van der Waals surface area contributed by atoms with Crippen molar-refractivity contribution in [1.29, 1.82) is 0 Å². The predicted molar refractivity (Wildman–Crippen MR) is 73.9 cm³/mol. The van der Waals surface area contributed by atoms with E-state index >= 15 is 0 Å². The highest BCUT2D eigenvalue weighted by atomic mass is 16.5. The molecule has 1 aliphatic rings. The van der Waals surface area contributed by atoms with Gasteiger partial charge in [-0.15, -0.1) is 0 Å². The highest BCUT2D eigenvalue weighted by Gasteiger charge is 2.27. The van der Waals surface area contributed by atoms with Gasteiger partial charge in [-0.05, 0) is 6.07 Å². The van der Waals surface area contributed by atoms with E-state index in [0.29, 0.717) is 32.0 Å². The van der Waals surface area contributed by atoms with Gasteiger partial charge < -0.3 is 14.8 Å².